The van der Waals surface area contributed by atoms with Crippen LogP contribution >= 0.6 is 11.6 Å². The number of methoxy groups -OCH3 is 2. The zero-order chi connectivity index (χ0) is 16.8. The second-order valence-electron chi connectivity index (χ2n) is 4.26. The van der Waals surface area contributed by atoms with E-state index in [4.69, 9.17) is 16.3 Å². The predicted molar refractivity (Wildman–Crippen MR) is 81.6 cm³/mol. The van der Waals surface area contributed by atoms with Gasteiger partial charge in [-0.05, 0) is 6.07 Å². The minimum Gasteiger partial charge on any atom is -0.496 e. The molecule has 23 heavy (non-hydrogen) atoms. The molecule has 0 aliphatic heterocycles. The molecule has 0 aliphatic rings. The lowest BCUT2D eigenvalue weighted by atomic mass is 10.2. The van der Waals surface area contributed by atoms with Crippen molar-refractivity contribution >= 4 is 29.3 Å². The Morgan fingerprint density at radius 1 is 1.35 bits per heavy atom. The number of H-pyrrole nitrogens is 1. The first-order valence-corrected chi connectivity index (χ1v) is 6.78. The maximum atomic E-state index is 11.9. The van der Waals surface area contributed by atoms with E-state index < -0.39 is 12.0 Å². The van der Waals surface area contributed by atoms with Gasteiger partial charge in [-0.25, -0.2) is 14.6 Å². The summed E-state index contributed by atoms with van der Waals surface area (Å²) in [4.78, 5) is 27.4. The standard InChI is InChI=1S/C13H14ClN5O4/c1-22-10-4-9(8(14)3-7(10)12(20)23-2)18-13(21)15-5-11-16-6-17-19-11/h3-4,6H,5H2,1-2H3,(H2,15,18,21)(H,16,17,19). The van der Waals surface area contributed by atoms with E-state index >= 15 is 0 Å². The minimum atomic E-state index is -0.593. The van der Waals surface area contributed by atoms with Crippen molar-refractivity contribution in [2.45, 2.75) is 6.54 Å². The van der Waals surface area contributed by atoms with E-state index in [2.05, 4.69) is 30.6 Å². The van der Waals surface area contributed by atoms with Crippen molar-refractivity contribution in [1.29, 1.82) is 0 Å². The smallest absolute Gasteiger partial charge is 0.341 e. The number of carbonyl (C=O) groups is 2. The number of rotatable bonds is 5. The summed E-state index contributed by atoms with van der Waals surface area (Å²) < 4.78 is 9.75. The lowest BCUT2D eigenvalue weighted by molar-refractivity contribution is 0.0597. The molecule has 0 spiro atoms. The number of anilines is 1. The summed E-state index contributed by atoms with van der Waals surface area (Å²) in [5, 5.41) is 11.6. The molecule has 0 aliphatic carbocycles. The van der Waals surface area contributed by atoms with Gasteiger partial charge in [0.05, 0.1) is 31.5 Å². The molecule has 0 fully saturated rings. The first-order valence-electron chi connectivity index (χ1n) is 6.40. The van der Waals surface area contributed by atoms with Gasteiger partial charge in [0.15, 0.2) is 0 Å². The van der Waals surface area contributed by atoms with Crippen molar-refractivity contribution in [2.75, 3.05) is 19.5 Å². The fraction of sp³-hybridized carbons (Fsp3) is 0.231. The lowest BCUT2D eigenvalue weighted by Gasteiger charge is -2.12. The Morgan fingerprint density at radius 2 is 2.13 bits per heavy atom. The second kappa shape index (κ2) is 7.45. The van der Waals surface area contributed by atoms with E-state index in [1.54, 1.807) is 0 Å². The molecule has 0 atom stereocenters. The number of aromatic nitrogens is 3. The summed E-state index contributed by atoms with van der Waals surface area (Å²) >= 11 is 6.07. The summed E-state index contributed by atoms with van der Waals surface area (Å²) in [6.07, 6.45) is 1.34. The number of amides is 2. The van der Waals surface area contributed by atoms with Crippen molar-refractivity contribution in [3.63, 3.8) is 0 Å². The first kappa shape index (κ1) is 16.6. The molecule has 0 bridgehead atoms. The molecule has 10 heteroatoms. The van der Waals surface area contributed by atoms with Crippen LogP contribution in [0.4, 0.5) is 10.5 Å². The molecular weight excluding hydrogens is 326 g/mol. The van der Waals surface area contributed by atoms with Crippen LogP contribution in [0.25, 0.3) is 0 Å². The highest BCUT2D eigenvalue weighted by atomic mass is 35.5. The van der Waals surface area contributed by atoms with E-state index in [0.29, 0.717) is 5.82 Å². The summed E-state index contributed by atoms with van der Waals surface area (Å²) in [6, 6.07) is 2.29. The number of aromatic amines is 1. The number of hydrogen-bond donors (Lipinski definition) is 3. The van der Waals surface area contributed by atoms with Gasteiger partial charge in [-0.3, -0.25) is 5.10 Å². The second-order valence-corrected chi connectivity index (χ2v) is 4.67. The van der Waals surface area contributed by atoms with Gasteiger partial charge in [-0.2, -0.15) is 5.10 Å². The molecule has 3 N–H and O–H groups in total. The predicted octanol–water partition coefficient (Wildman–Crippen LogP) is 1.57. The Labute approximate surface area is 136 Å². The molecule has 0 radical (unpaired) electrons. The molecule has 0 saturated carbocycles. The number of ether oxygens (including phenoxy) is 2. The van der Waals surface area contributed by atoms with Gasteiger partial charge in [-0.1, -0.05) is 11.6 Å². The van der Waals surface area contributed by atoms with Gasteiger partial charge in [-0.15, -0.1) is 0 Å². The average molecular weight is 340 g/mol. The Kier molecular flexibility index (Phi) is 5.36. The van der Waals surface area contributed by atoms with E-state index in [-0.39, 0.29) is 28.6 Å². The number of esters is 1. The van der Waals surface area contributed by atoms with E-state index in [1.165, 1.54) is 32.7 Å². The fourth-order valence-electron chi connectivity index (χ4n) is 1.73. The monoisotopic (exact) mass is 339 g/mol. The van der Waals surface area contributed by atoms with Crippen LogP contribution in [0.15, 0.2) is 18.5 Å². The van der Waals surface area contributed by atoms with Crippen LogP contribution in [-0.2, 0) is 11.3 Å². The van der Waals surface area contributed by atoms with E-state index in [1.807, 2.05) is 0 Å². The quantitative estimate of drug-likeness (QED) is 0.712. The van der Waals surface area contributed by atoms with Gasteiger partial charge in [0.1, 0.15) is 23.5 Å². The van der Waals surface area contributed by atoms with Crippen LogP contribution in [-0.4, -0.2) is 41.4 Å². The molecule has 2 aromatic rings. The van der Waals surface area contributed by atoms with Gasteiger partial charge >= 0.3 is 12.0 Å². The molecule has 0 unspecified atom stereocenters. The molecule has 0 saturated heterocycles. The van der Waals surface area contributed by atoms with Crippen LogP contribution < -0.4 is 15.4 Å². The van der Waals surface area contributed by atoms with Gasteiger partial charge in [0.25, 0.3) is 0 Å². The topological polar surface area (TPSA) is 118 Å². The zero-order valence-electron chi connectivity index (χ0n) is 12.3. The van der Waals surface area contributed by atoms with Crippen molar-refractivity contribution < 1.29 is 19.1 Å². The summed E-state index contributed by atoms with van der Waals surface area (Å²) in [6.45, 7) is 0.167. The SMILES string of the molecule is COC(=O)c1cc(Cl)c(NC(=O)NCc2ncn[nH]2)cc1OC. The maximum Gasteiger partial charge on any atom is 0.341 e. The molecule has 2 amide bonds. The fourth-order valence-corrected chi connectivity index (χ4v) is 1.94. The molecule has 1 aromatic carbocycles. The molecule has 2 rings (SSSR count). The third-order valence-electron chi connectivity index (χ3n) is 2.82. The van der Waals surface area contributed by atoms with Crippen LogP contribution in [0.3, 0.4) is 0 Å². The summed E-state index contributed by atoms with van der Waals surface area (Å²) in [7, 11) is 2.64. The molecule has 122 valence electrons. The van der Waals surface area contributed by atoms with E-state index in [9.17, 15) is 9.59 Å². The largest absolute Gasteiger partial charge is 0.496 e. The number of nitrogens with zero attached hydrogens (tertiary/aromatic N) is 2. The van der Waals surface area contributed by atoms with Crippen molar-refractivity contribution in [1.82, 2.24) is 20.5 Å². The molecule has 1 heterocycles. The van der Waals surface area contributed by atoms with Crippen molar-refractivity contribution in [3.8, 4) is 5.75 Å². The third kappa shape index (κ3) is 4.10. The normalized spacial score (nSPS) is 10.0. The van der Waals surface area contributed by atoms with Crippen LogP contribution in [0, 0.1) is 0 Å². The zero-order valence-corrected chi connectivity index (χ0v) is 13.1. The van der Waals surface area contributed by atoms with Crippen molar-refractivity contribution in [3.05, 3.63) is 34.9 Å². The first-order chi connectivity index (χ1) is 11.0. The molecular formula is C13H14ClN5O4. The Hall–Kier alpha value is -2.81. The number of hydrogen-bond acceptors (Lipinski definition) is 6. The molecule has 1 aromatic heterocycles. The number of urea groups is 1. The number of halogens is 1. The average Bonchev–Trinajstić information content (AvgIpc) is 3.07. The van der Waals surface area contributed by atoms with Crippen LogP contribution in [0.1, 0.15) is 16.2 Å². The van der Waals surface area contributed by atoms with Gasteiger partial charge in [0.2, 0.25) is 0 Å². The summed E-state index contributed by atoms with van der Waals surface area (Å²) in [5.74, 6) is 0.140. The number of nitrogens with one attached hydrogen (secondary N) is 3. The minimum absolute atomic E-state index is 0.160. The highest BCUT2D eigenvalue weighted by Crippen LogP contribution is 2.31. The van der Waals surface area contributed by atoms with Crippen LogP contribution in [0.5, 0.6) is 5.75 Å². The van der Waals surface area contributed by atoms with Crippen LogP contribution in [0.2, 0.25) is 5.02 Å². The van der Waals surface area contributed by atoms with Gasteiger partial charge < -0.3 is 20.1 Å². The Balaban J connectivity index is 2.10. The number of carbonyl (C=O) groups excluding carboxylic acids is 2. The van der Waals surface area contributed by atoms with Gasteiger partial charge in [0, 0.05) is 6.07 Å². The highest BCUT2D eigenvalue weighted by molar-refractivity contribution is 6.34. The summed E-state index contributed by atoms with van der Waals surface area (Å²) in [5.41, 5.74) is 0.443. The number of benzene rings is 1. The molecule has 9 nitrogen and oxygen atoms in total. The van der Waals surface area contributed by atoms with Crippen molar-refractivity contribution in [2.24, 2.45) is 0 Å². The Morgan fingerprint density at radius 3 is 2.74 bits per heavy atom. The Bertz CT molecular complexity index is 705. The highest BCUT2D eigenvalue weighted by Gasteiger charge is 2.17. The lowest BCUT2D eigenvalue weighted by Crippen LogP contribution is -2.28. The van der Waals surface area contributed by atoms with E-state index in [0.717, 1.165) is 0 Å². The third-order valence-corrected chi connectivity index (χ3v) is 3.14. The maximum absolute atomic E-state index is 11.9.